The van der Waals surface area contributed by atoms with Crippen molar-refractivity contribution >= 4 is 27.5 Å². The zero-order chi connectivity index (χ0) is 18.9. The van der Waals surface area contributed by atoms with Crippen LogP contribution in [0.25, 0.3) is 0 Å². The fourth-order valence-electron chi connectivity index (χ4n) is 2.36. The van der Waals surface area contributed by atoms with Crippen LogP contribution in [0.1, 0.15) is 31.4 Å². The van der Waals surface area contributed by atoms with E-state index < -0.39 is 0 Å². The lowest BCUT2D eigenvalue weighted by Crippen LogP contribution is -2.18. The molecule has 0 heterocycles. The minimum atomic E-state index is -0.353. The Morgan fingerprint density at radius 2 is 1.96 bits per heavy atom. The maximum atomic E-state index is 13.1. The predicted octanol–water partition coefficient (Wildman–Crippen LogP) is 5.73. The van der Waals surface area contributed by atoms with Gasteiger partial charge in [0.15, 0.2) is 0 Å². The van der Waals surface area contributed by atoms with Crippen LogP contribution in [-0.2, 0) is 17.9 Å². The number of hydrogen-bond donors (Lipinski definition) is 1. The van der Waals surface area contributed by atoms with Gasteiger partial charge in [-0.05, 0) is 57.1 Å². The summed E-state index contributed by atoms with van der Waals surface area (Å²) in [5.74, 6) is 0.424. The van der Waals surface area contributed by atoms with Crippen molar-refractivity contribution in [3.8, 4) is 5.75 Å². The fourth-order valence-corrected chi connectivity index (χ4v) is 2.99. The van der Waals surface area contributed by atoms with Gasteiger partial charge in [0, 0.05) is 28.8 Å². The minimum absolute atomic E-state index is 0.262. The largest absolute Gasteiger partial charge is 0.489 e. The minimum Gasteiger partial charge on any atom is -0.489 e. The van der Waals surface area contributed by atoms with Gasteiger partial charge in [-0.15, -0.1) is 0 Å². The summed E-state index contributed by atoms with van der Waals surface area (Å²) in [6.07, 6.45) is 1.21. The number of nitrogens with one attached hydrogen (secondary N) is 1. The van der Waals surface area contributed by atoms with E-state index in [2.05, 4.69) is 21.2 Å². The van der Waals surface area contributed by atoms with Crippen LogP contribution in [0, 0.1) is 5.82 Å². The molecule has 0 spiro atoms. The number of rotatable bonds is 10. The second kappa shape index (κ2) is 10.9. The third kappa shape index (κ3) is 7.23. The highest BCUT2D eigenvalue weighted by Gasteiger charge is 2.08. The van der Waals surface area contributed by atoms with Gasteiger partial charge in [0.25, 0.3) is 0 Å². The van der Waals surface area contributed by atoms with E-state index in [4.69, 9.17) is 21.1 Å². The lowest BCUT2D eigenvalue weighted by atomic mass is 10.2. The topological polar surface area (TPSA) is 30.5 Å². The van der Waals surface area contributed by atoms with Gasteiger partial charge in [-0.2, -0.15) is 0 Å². The van der Waals surface area contributed by atoms with Crippen molar-refractivity contribution in [1.82, 2.24) is 5.32 Å². The summed E-state index contributed by atoms with van der Waals surface area (Å²) in [4.78, 5) is 0. The molecular weight excluding hydrogens is 421 g/mol. The van der Waals surface area contributed by atoms with Gasteiger partial charge >= 0.3 is 0 Å². The van der Waals surface area contributed by atoms with Crippen molar-refractivity contribution in [2.75, 3.05) is 13.2 Å². The second-order valence-corrected chi connectivity index (χ2v) is 7.55. The van der Waals surface area contributed by atoms with Crippen LogP contribution in [0.3, 0.4) is 0 Å². The maximum Gasteiger partial charge on any atom is 0.124 e. The van der Waals surface area contributed by atoms with Crippen LogP contribution in [0.4, 0.5) is 4.39 Å². The average Bonchev–Trinajstić information content (AvgIpc) is 2.58. The van der Waals surface area contributed by atoms with E-state index in [1.54, 1.807) is 6.07 Å². The lowest BCUT2D eigenvalue weighted by Gasteiger charge is -2.14. The van der Waals surface area contributed by atoms with E-state index in [-0.39, 0.29) is 18.5 Å². The van der Waals surface area contributed by atoms with Crippen molar-refractivity contribution in [2.24, 2.45) is 0 Å². The van der Waals surface area contributed by atoms with E-state index in [0.29, 0.717) is 11.6 Å². The quantitative estimate of drug-likeness (QED) is 0.475. The van der Waals surface area contributed by atoms with Gasteiger partial charge in [-0.25, -0.2) is 4.39 Å². The molecule has 0 aliphatic heterocycles. The molecule has 0 amide bonds. The zero-order valence-corrected chi connectivity index (χ0v) is 17.4. The normalized spacial score (nSPS) is 11.2. The molecule has 0 radical (unpaired) electrons. The Balaban J connectivity index is 1.90. The van der Waals surface area contributed by atoms with Crippen LogP contribution in [0.2, 0.25) is 5.02 Å². The highest BCUT2D eigenvalue weighted by atomic mass is 79.9. The first kappa shape index (κ1) is 21.2. The molecule has 0 atom stereocenters. The maximum absolute atomic E-state index is 13.1. The fraction of sp³-hybridized carbons (Fsp3) is 0.400. The first-order valence-electron chi connectivity index (χ1n) is 8.63. The Bertz CT molecular complexity index is 712. The van der Waals surface area contributed by atoms with E-state index in [0.717, 1.165) is 40.9 Å². The Labute approximate surface area is 168 Å². The Morgan fingerprint density at radius 1 is 1.15 bits per heavy atom. The van der Waals surface area contributed by atoms with Crippen LogP contribution in [0.15, 0.2) is 40.9 Å². The van der Waals surface area contributed by atoms with Gasteiger partial charge < -0.3 is 14.8 Å². The summed E-state index contributed by atoms with van der Waals surface area (Å²) in [5, 5.41) is 3.77. The van der Waals surface area contributed by atoms with Crippen molar-refractivity contribution in [1.29, 1.82) is 0 Å². The van der Waals surface area contributed by atoms with Crippen molar-refractivity contribution in [2.45, 2.75) is 39.5 Å². The molecule has 2 aromatic carbocycles. The van der Waals surface area contributed by atoms with Gasteiger partial charge in [0.2, 0.25) is 0 Å². The van der Waals surface area contributed by atoms with E-state index in [9.17, 15) is 4.39 Å². The first-order valence-corrected chi connectivity index (χ1v) is 9.80. The molecule has 0 saturated heterocycles. The molecule has 1 N–H and O–H groups in total. The summed E-state index contributed by atoms with van der Waals surface area (Å²) >= 11 is 9.56. The SMILES string of the molecule is CC(C)OCCCNCc1cc(Br)ccc1OCc1ccc(F)cc1Cl. The molecule has 0 aliphatic carbocycles. The predicted molar refractivity (Wildman–Crippen MR) is 107 cm³/mol. The molecule has 0 bridgehead atoms. The molecule has 0 fully saturated rings. The van der Waals surface area contributed by atoms with E-state index in [1.807, 2.05) is 32.0 Å². The Hall–Kier alpha value is -1.14. The molecule has 0 unspecified atom stereocenters. The van der Waals surface area contributed by atoms with Crippen LogP contribution in [-0.4, -0.2) is 19.3 Å². The van der Waals surface area contributed by atoms with Crippen LogP contribution in [0.5, 0.6) is 5.75 Å². The van der Waals surface area contributed by atoms with E-state index >= 15 is 0 Å². The number of halogens is 3. The van der Waals surface area contributed by atoms with Crippen LogP contribution < -0.4 is 10.1 Å². The van der Waals surface area contributed by atoms with Gasteiger partial charge in [-0.1, -0.05) is 33.6 Å². The van der Waals surface area contributed by atoms with E-state index in [1.165, 1.54) is 12.1 Å². The van der Waals surface area contributed by atoms with Crippen molar-refractivity contribution < 1.29 is 13.9 Å². The summed E-state index contributed by atoms with van der Waals surface area (Å²) < 4.78 is 25.6. The highest BCUT2D eigenvalue weighted by molar-refractivity contribution is 9.10. The van der Waals surface area contributed by atoms with Crippen molar-refractivity contribution in [3.63, 3.8) is 0 Å². The van der Waals surface area contributed by atoms with Crippen molar-refractivity contribution in [3.05, 3.63) is 62.8 Å². The number of hydrogen-bond acceptors (Lipinski definition) is 3. The second-order valence-electron chi connectivity index (χ2n) is 6.23. The zero-order valence-electron chi connectivity index (χ0n) is 15.0. The third-order valence-corrected chi connectivity index (χ3v) is 4.53. The number of ether oxygens (including phenoxy) is 2. The summed E-state index contributed by atoms with van der Waals surface area (Å²) in [7, 11) is 0. The molecule has 2 rings (SSSR count). The molecule has 3 nitrogen and oxygen atoms in total. The molecule has 0 aliphatic rings. The monoisotopic (exact) mass is 443 g/mol. The molecule has 26 heavy (non-hydrogen) atoms. The van der Waals surface area contributed by atoms with Crippen LogP contribution >= 0.6 is 27.5 Å². The van der Waals surface area contributed by atoms with Gasteiger partial charge in [0.05, 0.1) is 11.1 Å². The summed E-state index contributed by atoms with van der Waals surface area (Å²) in [6, 6.07) is 10.2. The molecule has 0 aromatic heterocycles. The third-order valence-electron chi connectivity index (χ3n) is 3.69. The van der Waals surface area contributed by atoms with Gasteiger partial charge in [0.1, 0.15) is 18.2 Å². The highest BCUT2D eigenvalue weighted by Crippen LogP contribution is 2.25. The molecule has 2 aromatic rings. The first-order chi connectivity index (χ1) is 12.5. The smallest absolute Gasteiger partial charge is 0.124 e. The van der Waals surface area contributed by atoms with Gasteiger partial charge in [-0.3, -0.25) is 0 Å². The molecular formula is C20H24BrClFNO2. The molecule has 0 saturated carbocycles. The summed E-state index contributed by atoms with van der Waals surface area (Å²) in [6.45, 7) is 6.65. The lowest BCUT2D eigenvalue weighted by molar-refractivity contribution is 0.0770. The number of benzene rings is 2. The Morgan fingerprint density at radius 3 is 2.69 bits per heavy atom. The summed E-state index contributed by atoms with van der Waals surface area (Å²) in [5.41, 5.74) is 1.79. The molecule has 142 valence electrons. The Kier molecular flexibility index (Phi) is 8.85. The standard InChI is InChI=1S/C20H24BrClFNO2/c1-14(2)25-9-3-8-24-12-16-10-17(21)5-7-20(16)26-13-15-4-6-18(23)11-19(15)22/h4-7,10-11,14,24H,3,8-9,12-13H2,1-2H3. The average molecular weight is 445 g/mol. The molecule has 6 heteroatoms.